The third kappa shape index (κ3) is 7.22. The van der Waals surface area contributed by atoms with E-state index < -0.39 is 50.5 Å². The molecule has 0 fully saturated rings. The molecule has 0 aliphatic rings. The molecule has 2 rings (SSSR count). The van der Waals surface area contributed by atoms with Crippen LogP contribution in [0.3, 0.4) is 0 Å². The Kier molecular flexibility index (Phi) is 8.14. The SMILES string of the molecule is CCOc1cc(NC(=O)[C@@H](O)C(C)C)ccc1S(=O)(=O)Nc1ccc(F)c(OC(F)(F)F)c1. The number of aliphatic hydroxyl groups excluding tert-OH is 1. The van der Waals surface area contributed by atoms with E-state index >= 15 is 0 Å². The first-order valence-corrected chi connectivity index (χ1v) is 11.1. The average Bonchev–Trinajstić information content (AvgIpc) is 2.68. The molecule has 1 amide bonds. The molecule has 8 nitrogen and oxygen atoms in total. The fraction of sp³-hybridized carbons (Fsp3) is 0.350. The second-order valence-corrected chi connectivity index (χ2v) is 8.72. The van der Waals surface area contributed by atoms with Gasteiger partial charge in [-0.25, -0.2) is 12.8 Å². The topological polar surface area (TPSA) is 114 Å². The first-order valence-electron chi connectivity index (χ1n) is 9.57. The summed E-state index contributed by atoms with van der Waals surface area (Å²) >= 11 is 0. The average molecular weight is 494 g/mol. The van der Waals surface area contributed by atoms with Crippen LogP contribution < -0.4 is 19.5 Å². The lowest BCUT2D eigenvalue weighted by Crippen LogP contribution is -2.31. The number of halogens is 4. The van der Waals surface area contributed by atoms with Crippen molar-refractivity contribution in [3.05, 3.63) is 42.2 Å². The molecule has 0 saturated carbocycles. The van der Waals surface area contributed by atoms with Crippen LogP contribution in [0.5, 0.6) is 11.5 Å². The molecule has 0 spiro atoms. The van der Waals surface area contributed by atoms with Crippen molar-refractivity contribution in [1.82, 2.24) is 0 Å². The molecule has 1 atom stereocenters. The van der Waals surface area contributed by atoms with E-state index in [9.17, 15) is 35.9 Å². The third-order valence-corrected chi connectivity index (χ3v) is 5.53. The summed E-state index contributed by atoms with van der Waals surface area (Å²) in [6, 6.07) is 5.63. The summed E-state index contributed by atoms with van der Waals surface area (Å²) in [5.41, 5.74) is -0.250. The van der Waals surface area contributed by atoms with E-state index in [1.807, 2.05) is 4.72 Å². The summed E-state index contributed by atoms with van der Waals surface area (Å²) in [5.74, 6) is -3.79. The van der Waals surface area contributed by atoms with Gasteiger partial charge in [-0.3, -0.25) is 9.52 Å². The number of rotatable bonds is 9. The highest BCUT2D eigenvalue weighted by Gasteiger charge is 2.33. The Hall–Kier alpha value is -3.06. The Morgan fingerprint density at radius 1 is 1.09 bits per heavy atom. The summed E-state index contributed by atoms with van der Waals surface area (Å²) in [7, 11) is -4.41. The van der Waals surface area contributed by atoms with Crippen molar-refractivity contribution in [1.29, 1.82) is 0 Å². The van der Waals surface area contributed by atoms with Crippen molar-refractivity contribution in [3.8, 4) is 11.5 Å². The summed E-state index contributed by atoms with van der Waals surface area (Å²) in [6.45, 7) is 4.91. The minimum absolute atomic E-state index is 0.0503. The lowest BCUT2D eigenvalue weighted by Gasteiger charge is -2.17. The molecule has 2 aromatic rings. The molecule has 0 aromatic heterocycles. The van der Waals surface area contributed by atoms with Gasteiger partial charge in [-0.2, -0.15) is 0 Å². The largest absolute Gasteiger partial charge is 0.573 e. The van der Waals surface area contributed by atoms with Crippen molar-refractivity contribution in [3.63, 3.8) is 0 Å². The molecule has 0 saturated heterocycles. The van der Waals surface area contributed by atoms with Gasteiger partial charge in [-0.1, -0.05) is 13.8 Å². The smallest absolute Gasteiger partial charge is 0.492 e. The van der Waals surface area contributed by atoms with Crippen molar-refractivity contribution >= 4 is 27.3 Å². The number of hydrogen-bond donors (Lipinski definition) is 3. The zero-order valence-electron chi connectivity index (χ0n) is 17.7. The standard InChI is InChI=1S/C20H22F4N2O6S/c1-4-31-16-9-12(25-19(28)18(27)11(2)3)6-8-17(16)33(29,30)26-13-5-7-14(21)15(10-13)32-20(22,23)24/h5-11,18,26-27H,4H2,1-3H3,(H,25,28)/t18-/m0/s1. The number of hydrogen-bond acceptors (Lipinski definition) is 6. The van der Waals surface area contributed by atoms with Gasteiger partial charge < -0.3 is 19.9 Å². The number of carbonyl (C=O) groups is 1. The van der Waals surface area contributed by atoms with Gasteiger partial charge in [0, 0.05) is 17.8 Å². The minimum atomic E-state index is -5.18. The number of nitrogens with one attached hydrogen (secondary N) is 2. The van der Waals surface area contributed by atoms with Crippen molar-refractivity contribution in [2.24, 2.45) is 5.92 Å². The van der Waals surface area contributed by atoms with E-state index in [0.29, 0.717) is 12.1 Å². The van der Waals surface area contributed by atoms with Crippen LogP contribution in [0.2, 0.25) is 0 Å². The number of alkyl halides is 3. The van der Waals surface area contributed by atoms with Gasteiger partial charge >= 0.3 is 6.36 Å². The molecule has 0 unspecified atom stereocenters. The molecule has 0 aliphatic heterocycles. The van der Waals surface area contributed by atoms with Gasteiger partial charge in [0.1, 0.15) is 16.7 Å². The van der Waals surface area contributed by atoms with Gasteiger partial charge in [-0.05, 0) is 37.1 Å². The van der Waals surface area contributed by atoms with Crippen molar-refractivity contribution in [2.45, 2.75) is 38.1 Å². The van der Waals surface area contributed by atoms with Crippen LogP contribution >= 0.6 is 0 Å². The van der Waals surface area contributed by atoms with Gasteiger partial charge in [0.05, 0.1) is 12.3 Å². The van der Waals surface area contributed by atoms with E-state index in [2.05, 4.69) is 10.1 Å². The summed E-state index contributed by atoms with van der Waals surface area (Å²) in [5, 5.41) is 12.3. The molecule has 182 valence electrons. The summed E-state index contributed by atoms with van der Waals surface area (Å²) in [4.78, 5) is 11.7. The molecule has 3 N–H and O–H groups in total. The molecule has 33 heavy (non-hydrogen) atoms. The maximum absolute atomic E-state index is 13.6. The monoisotopic (exact) mass is 494 g/mol. The lowest BCUT2D eigenvalue weighted by molar-refractivity contribution is -0.275. The maximum Gasteiger partial charge on any atom is 0.573 e. The molecule has 0 bridgehead atoms. The van der Waals surface area contributed by atoms with Crippen molar-refractivity contribution < 1.29 is 45.4 Å². The summed E-state index contributed by atoms with van der Waals surface area (Å²) < 4.78 is 87.5. The number of sulfonamides is 1. The van der Waals surface area contributed by atoms with Gasteiger partial charge in [0.25, 0.3) is 15.9 Å². The molecular weight excluding hydrogens is 472 g/mol. The van der Waals surface area contributed by atoms with Crippen LogP contribution in [-0.4, -0.2) is 38.5 Å². The number of ether oxygens (including phenoxy) is 2. The van der Waals surface area contributed by atoms with Gasteiger partial charge in [-0.15, -0.1) is 13.2 Å². The Morgan fingerprint density at radius 3 is 2.27 bits per heavy atom. The second-order valence-electron chi connectivity index (χ2n) is 7.07. The Bertz CT molecular complexity index is 1110. The fourth-order valence-electron chi connectivity index (χ4n) is 2.57. The van der Waals surface area contributed by atoms with Crippen LogP contribution in [0.4, 0.5) is 28.9 Å². The van der Waals surface area contributed by atoms with Crippen LogP contribution in [0.15, 0.2) is 41.3 Å². The fourth-order valence-corrected chi connectivity index (χ4v) is 3.75. The predicted molar refractivity (Wildman–Crippen MR) is 111 cm³/mol. The Balaban J connectivity index is 2.34. The van der Waals surface area contributed by atoms with Crippen molar-refractivity contribution in [2.75, 3.05) is 16.6 Å². The number of carbonyl (C=O) groups excluding carboxylic acids is 1. The maximum atomic E-state index is 13.6. The number of anilines is 2. The highest BCUT2D eigenvalue weighted by Crippen LogP contribution is 2.32. The van der Waals surface area contributed by atoms with Gasteiger partial charge in [0.2, 0.25) is 0 Å². The number of aliphatic hydroxyl groups is 1. The Labute approximate surface area is 187 Å². The number of amides is 1. The van der Waals surface area contributed by atoms with E-state index in [1.165, 1.54) is 12.1 Å². The van der Waals surface area contributed by atoms with E-state index in [-0.39, 0.29) is 24.0 Å². The quantitative estimate of drug-likeness (QED) is 0.456. The lowest BCUT2D eigenvalue weighted by atomic mass is 10.1. The van der Waals surface area contributed by atoms with Crippen LogP contribution in [-0.2, 0) is 14.8 Å². The minimum Gasteiger partial charge on any atom is -0.492 e. The zero-order chi connectivity index (χ0) is 25.0. The van der Waals surface area contributed by atoms with Crippen LogP contribution in [0.1, 0.15) is 20.8 Å². The molecule has 2 aromatic carbocycles. The molecule has 0 heterocycles. The predicted octanol–water partition coefficient (Wildman–Crippen LogP) is 3.88. The summed E-state index contributed by atoms with van der Waals surface area (Å²) in [6.07, 6.45) is -6.47. The normalized spacial score (nSPS) is 12.9. The molecule has 0 radical (unpaired) electrons. The van der Waals surface area contributed by atoms with E-state index in [4.69, 9.17) is 4.74 Å². The molecule has 13 heteroatoms. The first-order chi connectivity index (χ1) is 15.2. The zero-order valence-corrected chi connectivity index (χ0v) is 18.6. The number of benzene rings is 2. The highest BCUT2D eigenvalue weighted by molar-refractivity contribution is 7.92. The Morgan fingerprint density at radius 2 is 1.70 bits per heavy atom. The van der Waals surface area contributed by atoms with Crippen LogP contribution in [0.25, 0.3) is 0 Å². The van der Waals surface area contributed by atoms with Gasteiger partial charge in [0.15, 0.2) is 11.6 Å². The third-order valence-electron chi connectivity index (χ3n) is 4.11. The second kappa shape index (κ2) is 10.3. The highest BCUT2D eigenvalue weighted by atomic mass is 32.2. The molecule has 0 aliphatic carbocycles. The van der Waals surface area contributed by atoms with Crippen LogP contribution in [0, 0.1) is 11.7 Å². The van der Waals surface area contributed by atoms with E-state index in [1.54, 1.807) is 20.8 Å². The van der Waals surface area contributed by atoms with E-state index in [0.717, 1.165) is 12.1 Å². The molecular formula is C20H22F4N2O6S. The first kappa shape index (κ1) is 26.2.